The molecule has 0 saturated carbocycles. The molecule has 0 atom stereocenters. The van der Waals surface area contributed by atoms with Gasteiger partial charge in [0.2, 0.25) is 0 Å². The number of carbonyl (C=O) groups excluding carboxylic acids is 2. The number of amides is 2. The highest BCUT2D eigenvalue weighted by atomic mass is 16.5. The fourth-order valence-electron chi connectivity index (χ4n) is 2.60. The predicted molar refractivity (Wildman–Crippen MR) is 83.7 cm³/mol. The Hall–Kier alpha value is -3.02. The van der Waals surface area contributed by atoms with Crippen LogP contribution in [-0.4, -0.2) is 33.1 Å². The monoisotopic (exact) mass is 313 g/mol. The van der Waals surface area contributed by atoms with Crippen LogP contribution in [0, 0.1) is 0 Å². The highest BCUT2D eigenvalue weighted by molar-refractivity contribution is 6.34. The molecule has 1 aliphatic heterocycles. The Morgan fingerprint density at radius 2 is 1.22 bits per heavy atom. The van der Waals surface area contributed by atoms with Crippen LogP contribution in [0.15, 0.2) is 36.4 Å². The summed E-state index contributed by atoms with van der Waals surface area (Å²) in [4.78, 5) is 26.3. The molecule has 0 radical (unpaired) electrons. The molecule has 118 valence electrons. The van der Waals surface area contributed by atoms with Crippen molar-refractivity contribution >= 4 is 17.5 Å². The number of nitrogens with zero attached hydrogens (tertiary/aromatic N) is 1. The van der Waals surface area contributed by atoms with Gasteiger partial charge in [-0.3, -0.25) is 9.59 Å². The van der Waals surface area contributed by atoms with Crippen LogP contribution in [0.4, 0.5) is 5.69 Å². The summed E-state index contributed by atoms with van der Waals surface area (Å²) in [5.74, 6) is 0.411. The van der Waals surface area contributed by atoms with E-state index in [1.807, 2.05) is 0 Å². The maximum absolute atomic E-state index is 12.6. The number of rotatable bonds is 4. The zero-order valence-electron chi connectivity index (χ0n) is 13.0. The van der Waals surface area contributed by atoms with Crippen molar-refractivity contribution in [2.45, 2.75) is 0 Å². The van der Waals surface area contributed by atoms with Crippen LogP contribution in [-0.2, 0) is 0 Å². The minimum Gasteiger partial charge on any atom is -0.494 e. The molecule has 6 heteroatoms. The topological polar surface area (TPSA) is 65.1 Å². The zero-order chi connectivity index (χ0) is 16.6. The molecule has 0 bridgehead atoms. The maximum Gasteiger partial charge on any atom is 0.266 e. The van der Waals surface area contributed by atoms with Gasteiger partial charge in [0.1, 0.15) is 5.75 Å². The van der Waals surface area contributed by atoms with Crippen molar-refractivity contribution in [3.63, 3.8) is 0 Å². The van der Waals surface area contributed by atoms with Crippen LogP contribution in [0.25, 0.3) is 0 Å². The molecular weight excluding hydrogens is 298 g/mol. The quantitative estimate of drug-likeness (QED) is 0.812. The molecule has 0 unspecified atom stereocenters. The average Bonchev–Trinajstić information content (AvgIpc) is 2.85. The summed E-state index contributed by atoms with van der Waals surface area (Å²) in [6, 6.07) is 9.83. The van der Waals surface area contributed by atoms with Crippen molar-refractivity contribution in [1.82, 2.24) is 0 Å². The van der Waals surface area contributed by atoms with Crippen molar-refractivity contribution < 1.29 is 23.8 Å². The first-order valence-corrected chi connectivity index (χ1v) is 6.90. The average molecular weight is 313 g/mol. The molecule has 2 amide bonds. The molecule has 2 aromatic rings. The second-order valence-corrected chi connectivity index (χ2v) is 4.87. The van der Waals surface area contributed by atoms with Crippen LogP contribution in [0.1, 0.15) is 20.7 Å². The third-order valence-electron chi connectivity index (χ3n) is 3.72. The molecule has 0 spiro atoms. The van der Waals surface area contributed by atoms with Crippen molar-refractivity contribution in [2.75, 3.05) is 26.2 Å². The van der Waals surface area contributed by atoms with Crippen molar-refractivity contribution in [3.05, 3.63) is 47.5 Å². The number of methoxy groups -OCH3 is 3. The number of imide groups is 1. The van der Waals surface area contributed by atoms with E-state index in [0.717, 1.165) is 4.90 Å². The molecule has 1 aliphatic rings. The SMILES string of the molecule is COc1cc(OC)c(N2C(=O)c3ccccc3C2=O)cc1OC. The second kappa shape index (κ2) is 5.64. The predicted octanol–water partition coefficient (Wildman–Crippen LogP) is 2.51. The molecule has 0 aliphatic carbocycles. The van der Waals surface area contributed by atoms with E-state index in [1.54, 1.807) is 36.4 Å². The van der Waals surface area contributed by atoms with Gasteiger partial charge in [-0.15, -0.1) is 0 Å². The van der Waals surface area contributed by atoms with E-state index in [0.29, 0.717) is 34.1 Å². The van der Waals surface area contributed by atoms with Gasteiger partial charge in [0.15, 0.2) is 11.5 Å². The number of hydrogen-bond donors (Lipinski definition) is 0. The summed E-state index contributed by atoms with van der Waals surface area (Å²) < 4.78 is 15.8. The van der Waals surface area contributed by atoms with Crippen molar-refractivity contribution in [3.8, 4) is 17.2 Å². The van der Waals surface area contributed by atoms with Gasteiger partial charge in [-0.05, 0) is 12.1 Å². The molecule has 3 rings (SSSR count). The molecule has 0 N–H and O–H groups in total. The van der Waals surface area contributed by atoms with E-state index in [-0.39, 0.29) is 0 Å². The van der Waals surface area contributed by atoms with Crippen LogP contribution in [0.3, 0.4) is 0 Å². The maximum atomic E-state index is 12.6. The van der Waals surface area contributed by atoms with Gasteiger partial charge in [0, 0.05) is 12.1 Å². The molecule has 23 heavy (non-hydrogen) atoms. The Kier molecular flexibility index (Phi) is 3.65. The van der Waals surface area contributed by atoms with E-state index < -0.39 is 11.8 Å². The standard InChI is InChI=1S/C17H15NO5/c1-21-13-9-15(23-3)14(22-2)8-12(13)18-16(19)10-6-4-5-7-11(10)17(18)20/h4-9H,1-3H3. The van der Waals surface area contributed by atoms with Gasteiger partial charge in [-0.1, -0.05) is 12.1 Å². The van der Waals surface area contributed by atoms with Gasteiger partial charge in [0.05, 0.1) is 38.1 Å². The lowest BCUT2D eigenvalue weighted by Gasteiger charge is -2.19. The smallest absolute Gasteiger partial charge is 0.266 e. The second-order valence-electron chi connectivity index (χ2n) is 4.87. The van der Waals surface area contributed by atoms with E-state index >= 15 is 0 Å². The van der Waals surface area contributed by atoms with E-state index in [4.69, 9.17) is 14.2 Å². The fraction of sp³-hybridized carbons (Fsp3) is 0.176. The zero-order valence-corrected chi connectivity index (χ0v) is 13.0. The summed E-state index contributed by atoms with van der Waals surface area (Å²) in [6.07, 6.45) is 0. The highest BCUT2D eigenvalue weighted by Gasteiger charge is 2.38. The van der Waals surface area contributed by atoms with Crippen LogP contribution in [0.5, 0.6) is 17.2 Å². The summed E-state index contributed by atoms with van der Waals surface area (Å²) in [5.41, 5.74) is 1.06. The summed E-state index contributed by atoms with van der Waals surface area (Å²) in [5, 5.41) is 0. The molecule has 0 fully saturated rings. The molecular formula is C17H15NO5. The summed E-state index contributed by atoms with van der Waals surface area (Å²) in [7, 11) is 4.44. The molecule has 1 heterocycles. The van der Waals surface area contributed by atoms with Crippen LogP contribution < -0.4 is 19.1 Å². The molecule has 0 aromatic heterocycles. The molecule has 2 aromatic carbocycles. The third kappa shape index (κ3) is 2.19. The lowest BCUT2D eigenvalue weighted by molar-refractivity contribution is 0.0925. The van der Waals surface area contributed by atoms with Crippen molar-refractivity contribution in [1.29, 1.82) is 0 Å². The Labute approximate surface area is 133 Å². The normalized spacial score (nSPS) is 13.1. The number of anilines is 1. The van der Waals surface area contributed by atoms with Gasteiger partial charge >= 0.3 is 0 Å². The Balaban J connectivity index is 2.16. The minimum atomic E-state index is -0.392. The number of ether oxygens (including phenoxy) is 3. The first-order chi connectivity index (χ1) is 11.1. The number of carbonyl (C=O) groups is 2. The van der Waals surface area contributed by atoms with Crippen LogP contribution in [0.2, 0.25) is 0 Å². The van der Waals surface area contributed by atoms with Gasteiger partial charge in [-0.2, -0.15) is 0 Å². The minimum absolute atomic E-state index is 0.316. The van der Waals surface area contributed by atoms with Crippen LogP contribution >= 0.6 is 0 Å². The Bertz CT molecular complexity index is 765. The lowest BCUT2D eigenvalue weighted by atomic mass is 10.1. The van der Waals surface area contributed by atoms with Crippen molar-refractivity contribution in [2.24, 2.45) is 0 Å². The Morgan fingerprint density at radius 1 is 0.739 bits per heavy atom. The Morgan fingerprint density at radius 3 is 1.70 bits per heavy atom. The summed E-state index contributed by atoms with van der Waals surface area (Å²) >= 11 is 0. The highest BCUT2D eigenvalue weighted by Crippen LogP contribution is 2.42. The molecule has 0 saturated heterocycles. The largest absolute Gasteiger partial charge is 0.494 e. The number of fused-ring (bicyclic) bond motifs is 1. The first-order valence-electron chi connectivity index (χ1n) is 6.90. The van der Waals surface area contributed by atoms with Gasteiger partial charge in [-0.25, -0.2) is 4.90 Å². The first kappa shape index (κ1) is 14.9. The van der Waals surface area contributed by atoms with E-state index in [2.05, 4.69) is 0 Å². The van der Waals surface area contributed by atoms with Gasteiger partial charge < -0.3 is 14.2 Å². The number of benzene rings is 2. The number of hydrogen-bond acceptors (Lipinski definition) is 5. The van der Waals surface area contributed by atoms with E-state index in [9.17, 15) is 9.59 Å². The van der Waals surface area contributed by atoms with E-state index in [1.165, 1.54) is 21.3 Å². The third-order valence-corrected chi connectivity index (χ3v) is 3.72. The molecule has 6 nitrogen and oxygen atoms in total. The van der Waals surface area contributed by atoms with Gasteiger partial charge in [0.25, 0.3) is 11.8 Å². The lowest BCUT2D eigenvalue weighted by Crippen LogP contribution is -2.29. The summed E-state index contributed by atoms with van der Waals surface area (Å²) in [6.45, 7) is 0. The fourth-order valence-corrected chi connectivity index (χ4v) is 2.60.